The van der Waals surface area contributed by atoms with E-state index in [9.17, 15) is 10.1 Å². The van der Waals surface area contributed by atoms with Crippen LogP contribution < -0.4 is 4.74 Å². The SMILES string of the molecule is COc1cc(N=Nc2ccc([N+](=O)[O-])cc2)c(C)cc1N=Nc1ccc(C)cc1. The van der Waals surface area contributed by atoms with E-state index in [1.165, 1.54) is 12.1 Å². The fourth-order valence-electron chi connectivity index (χ4n) is 2.49. The van der Waals surface area contributed by atoms with E-state index in [-0.39, 0.29) is 5.69 Å². The summed E-state index contributed by atoms with van der Waals surface area (Å²) < 4.78 is 5.41. The normalized spacial score (nSPS) is 11.3. The predicted octanol–water partition coefficient (Wildman–Crippen LogP) is 7.05. The summed E-state index contributed by atoms with van der Waals surface area (Å²) in [4.78, 5) is 10.3. The van der Waals surface area contributed by atoms with Gasteiger partial charge in [-0.05, 0) is 49.7 Å². The molecule has 3 aromatic rings. The minimum absolute atomic E-state index is 0.00471. The number of rotatable bonds is 6. The van der Waals surface area contributed by atoms with Gasteiger partial charge in [-0.15, -0.1) is 5.11 Å². The second-order valence-corrected chi connectivity index (χ2v) is 6.32. The average molecular weight is 389 g/mol. The molecule has 0 amide bonds. The highest BCUT2D eigenvalue weighted by Crippen LogP contribution is 2.36. The molecule has 0 spiro atoms. The molecule has 8 nitrogen and oxygen atoms in total. The van der Waals surface area contributed by atoms with Crippen molar-refractivity contribution < 1.29 is 9.66 Å². The number of methoxy groups -OCH3 is 1. The summed E-state index contributed by atoms with van der Waals surface area (Å²) in [5, 5.41) is 27.6. The summed E-state index contributed by atoms with van der Waals surface area (Å²) in [6.45, 7) is 3.89. The number of ether oxygens (including phenoxy) is 1. The molecule has 8 heteroatoms. The van der Waals surface area contributed by atoms with Gasteiger partial charge in [0.05, 0.1) is 29.1 Å². The minimum Gasteiger partial charge on any atom is -0.494 e. The Hall–Kier alpha value is -3.94. The number of non-ortho nitro benzene ring substituents is 1. The first-order chi connectivity index (χ1) is 14.0. The Bertz CT molecular complexity index is 1070. The van der Waals surface area contributed by atoms with E-state index >= 15 is 0 Å². The van der Waals surface area contributed by atoms with Crippen LogP contribution in [0.25, 0.3) is 0 Å². The minimum atomic E-state index is -0.459. The van der Waals surface area contributed by atoms with Crippen molar-refractivity contribution in [1.29, 1.82) is 0 Å². The molecule has 0 aliphatic rings. The first-order valence-corrected chi connectivity index (χ1v) is 8.79. The lowest BCUT2D eigenvalue weighted by atomic mass is 10.1. The summed E-state index contributed by atoms with van der Waals surface area (Å²) in [5.74, 6) is 0.518. The van der Waals surface area contributed by atoms with Gasteiger partial charge in [-0.25, -0.2) is 0 Å². The highest BCUT2D eigenvalue weighted by molar-refractivity contribution is 5.63. The summed E-state index contributed by atoms with van der Waals surface area (Å²) in [6, 6.07) is 17.1. The largest absolute Gasteiger partial charge is 0.494 e. The molecule has 0 atom stereocenters. The standard InChI is InChI=1S/C21H19N5O3/c1-14-4-6-16(7-5-14)23-25-20-12-15(2)19(13-21(20)29-3)24-22-17-8-10-18(11-9-17)26(27)28/h4-13H,1-3H3. The van der Waals surface area contributed by atoms with Crippen LogP contribution in [0.1, 0.15) is 11.1 Å². The Labute approximate surface area is 167 Å². The van der Waals surface area contributed by atoms with Gasteiger partial charge in [0.15, 0.2) is 0 Å². The lowest BCUT2D eigenvalue weighted by molar-refractivity contribution is -0.384. The van der Waals surface area contributed by atoms with Crippen LogP contribution in [-0.4, -0.2) is 12.0 Å². The van der Waals surface area contributed by atoms with E-state index in [2.05, 4.69) is 20.5 Å². The number of nitrogens with zero attached hydrogens (tertiary/aromatic N) is 5. The van der Waals surface area contributed by atoms with Crippen LogP contribution in [-0.2, 0) is 0 Å². The molecule has 0 saturated carbocycles. The fourth-order valence-corrected chi connectivity index (χ4v) is 2.49. The number of nitro groups is 1. The Kier molecular flexibility index (Phi) is 6.03. The third kappa shape index (κ3) is 5.07. The zero-order valence-electron chi connectivity index (χ0n) is 16.2. The van der Waals surface area contributed by atoms with Crippen LogP contribution in [0.5, 0.6) is 5.75 Å². The van der Waals surface area contributed by atoms with Gasteiger partial charge in [-0.2, -0.15) is 15.3 Å². The first kappa shape index (κ1) is 19.8. The Balaban J connectivity index is 1.83. The van der Waals surface area contributed by atoms with Crippen molar-refractivity contribution in [3.05, 3.63) is 81.9 Å². The molecule has 3 aromatic carbocycles. The fraction of sp³-hybridized carbons (Fsp3) is 0.143. The van der Waals surface area contributed by atoms with Crippen LogP contribution in [0.2, 0.25) is 0 Å². The molecule has 0 radical (unpaired) electrons. The van der Waals surface area contributed by atoms with Gasteiger partial charge < -0.3 is 4.74 Å². The zero-order chi connectivity index (χ0) is 20.8. The molecular weight excluding hydrogens is 370 g/mol. The van der Waals surface area contributed by atoms with Crippen molar-refractivity contribution in [1.82, 2.24) is 0 Å². The zero-order valence-corrected chi connectivity index (χ0v) is 16.2. The molecule has 0 bridgehead atoms. The number of aryl methyl sites for hydroxylation is 2. The van der Waals surface area contributed by atoms with E-state index in [1.54, 1.807) is 25.3 Å². The van der Waals surface area contributed by atoms with E-state index in [0.29, 0.717) is 22.8 Å². The van der Waals surface area contributed by atoms with Gasteiger partial charge in [0.2, 0.25) is 0 Å². The highest BCUT2D eigenvalue weighted by atomic mass is 16.6. The maximum atomic E-state index is 10.7. The maximum absolute atomic E-state index is 10.7. The molecule has 0 aliphatic carbocycles. The summed E-state index contributed by atoms with van der Waals surface area (Å²) >= 11 is 0. The van der Waals surface area contributed by atoms with Crippen LogP contribution in [0, 0.1) is 24.0 Å². The lowest BCUT2D eigenvalue weighted by Crippen LogP contribution is -1.86. The first-order valence-electron chi connectivity index (χ1n) is 8.79. The highest BCUT2D eigenvalue weighted by Gasteiger charge is 2.08. The molecule has 0 fully saturated rings. The molecule has 0 aliphatic heterocycles. The van der Waals surface area contributed by atoms with E-state index in [0.717, 1.165) is 16.8 Å². The Morgan fingerprint density at radius 3 is 1.90 bits per heavy atom. The number of nitro benzene ring substituents is 1. The topological polar surface area (TPSA) is 102 Å². The van der Waals surface area contributed by atoms with Gasteiger partial charge in [-0.3, -0.25) is 10.1 Å². The smallest absolute Gasteiger partial charge is 0.269 e. The van der Waals surface area contributed by atoms with Gasteiger partial charge >= 0.3 is 0 Å². The van der Waals surface area contributed by atoms with E-state index in [4.69, 9.17) is 4.74 Å². The number of benzene rings is 3. The third-order valence-corrected chi connectivity index (χ3v) is 4.14. The maximum Gasteiger partial charge on any atom is 0.269 e. The van der Waals surface area contributed by atoms with Crippen molar-refractivity contribution in [3.8, 4) is 5.75 Å². The number of azo groups is 2. The Morgan fingerprint density at radius 1 is 0.793 bits per heavy atom. The summed E-state index contributed by atoms with van der Waals surface area (Å²) in [5.41, 5.74) is 4.45. The predicted molar refractivity (Wildman–Crippen MR) is 110 cm³/mol. The van der Waals surface area contributed by atoms with E-state index in [1.807, 2.05) is 44.2 Å². The molecule has 0 N–H and O–H groups in total. The molecule has 0 unspecified atom stereocenters. The molecular formula is C21H19N5O3. The molecule has 0 aromatic heterocycles. The van der Waals surface area contributed by atoms with Crippen LogP contribution in [0.4, 0.5) is 28.4 Å². The molecule has 146 valence electrons. The van der Waals surface area contributed by atoms with Crippen molar-refractivity contribution in [2.45, 2.75) is 13.8 Å². The van der Waals surface area contributed by atoms with Crippen LogP contribution in [0.15, 0.2) is 81.1 Å². The van der Waals surface area contributed by atoms with E-state index < -0.39 is 4.92 Å². The van der Waals surface area contributed by atoms with Gasteiger partial charge in [0.25, 0.3) is 5.69 Å². The van der Waals surface area contributed by atoms with Gasteiger partial charge in [0, 0.05) is 18.2 Å². The summed E-state index contributed by atoms with van der Waals surface area (Å²) in [7, 11) is 1.55. The lowest BCUT2D eigenvalue weighted by Gasteiger charge is -2.07. The van der Waals surface area contributed by atoms with Crippen molar-refractivity contribution >= 4 is 28.4 Å². The van der Waals surface area contributed by atoms with Crippen molar-refractivity contribution in [2.75, 3.05) is 7.11 Å². The molecule has 3 rings (SSSR count). The number of hydrogen-bond donors (Lipinski definition) is 0. The van der Waals surface area contributed by atoms with Crippen LogP contribution >= 0.6 is 0 Å². The van der Waals surface area contributed by atoms with Crippen molar-refractivity contribution in [2.24, 2.45) is 20.5 Å². The third-order valence-electron chi connectivity index (χ3n) is 4.14. The van der Waals surface area contributed by atoms with Crippen molar-refractivity contribution in [3.63, 3.8) is 0 Å². The average Bonchev–Trinajstić information content (AvgIpc) is 2.73. The van der Waals surface area contributed by atoms with Crippen LogP contribution in [0.3, 0.4) is 0 Å². The second kappa shape index (κ2) is 8.83. The summed E-state index contributed by atoms with van der Waals surface area (Å²) in [6.07, 6.45) is 0. The molecule has 29 heavy (non-hydrogen) atoms. The number of hydrogen-bond acceptors (Lipinski definition) is 7. The van der Waals surface area contributed by atoms with Gasteiger partial charge in [0.1, 0.15) is 11.4 Å². The molecule has 0 saturated heterocycles. The Morgan fingerprint density at radius 2 is 1.34 bits per heavy atom. The quantitative estimate of drug-likeness (QED) is 0.256. The molecule has 0 heterocycles. The second-order valence-electron chi connectivity index (χ2n) is 6.32. The monoisotopic (exact) mass is 389 g/mol. The van der Waals surface area contributed by atoms with Gasteiger partial charge in [-0.1, -0.05) is 17.7 Å².